The summed E-state index contributed by atoms with van der Waals surface area (Å²) in [6.45, 7) is 3.84. The number of amides is 1. The lowest BCUT2D eigenvalue weighted by atomic mass is 9.93. The van der Waals surface area contributed by atoms with E-state index in [0.717, 1.165) is 25.1 Å². The molecule has 5 rings (SSSR count). The Labute approximate surface area is 195 Å². The van der Waals surface area contributed by atoms with Crippen molar-refractivity contribution in [2.45, 2.75) is 58.2 Å². The summed E-state index contributed by atoms with van der Waals surface area (Å²) in [5.74, 6) is 0.810. The first kappa shape index (κ1) is 21.6. The first-order chi connectivity index (χ1) is 16.2. The Hall–Kier alpha value is -3.27. The van der Waals surface area contributed by atoms with Gasteiger partial charge in [0, 0.05) is 40.9 Å². The van der Waals surface area contributed by atoms with E-state index < -0.39 is 0 Å². The summed E-state index contributed by atoms with van der Waals surface area (Å²) in [6.07, 6.45) is 5.80. The number of hydrogen-bond donors (Lipinski definition) is 0. The van der Waals surface area contributed by atoms with Crippen LogP contribution in [0.2, 0.25) is 0 Å². The number of para-hydroxylation sites is 2. The molecule has 33 heavy (non-hydrogen) atoms. The van der Waals surface area contributed by atoms with Gasteiger partial charge >= 0.3 is 0 Å². The lowest BCUT2D eigenvalue weighted by Gasteiger charge is -2.34. The number of carbonyl (C=O) groups is 1. The predicted octanol–water partition coefficient (Wildman–Crippen LogP) is 6.55. The van der Waals surface area contributed by atoms with Crippen molar-refractivity contribution in [2.24, 2.45) is 0 Å². The van der Waals surface area contributed by atoms with Crippen LogP contribution in [0.25, 0.3) is 21.8 Å². The highest BCUT2D eigenvalue weighted by atomic mass is 16.5. The molecule has 1 heterocycles. The highest BCUT2D eigenvalue weighted by molar-refractivity contribution is 6.08. The second kappa shape index (κ2) is 9.70. The smallest absolute Gasteiger partial charge is 0.261 e. The van der Waals surface area contributed by atoms with Crippen LogP contribution in [-0.2, 0) is 17.9 Å². The van der Waals surface area contributed by atoms with E-state index in [-0.39, 0.29) is 12.5 Å². The zero-order valence-corrected chi connectivity index (χ0v) is 19.4. The van der Waals surface area contributed by atoms with E-state index in [9.17, 15) is 4.79 Å². The van der Waals surface area contributed by atoms with Crippen LogP contribution in [0.3, 0.4) is 0 Å². The molecule has 0 aliphatic heterocycles. The fraction of sp³-hybridized carbons (Fsp3) is 0.345. The first-order valence-corrected chi connectivity index (χ1v) is 12.2. The van der Waals surface area contributed by atoms with E-state index >= 15 is 0 Å². The third kappa shape index (κ3) is 4.47. The van der Waals surface area contributed by atoms with Gasteiger partial charge in [0.1, 0.15) is 5.75 Å². The van der Waals surface area contributed by atoms with Crippen molar-refractivity contribution in [1.82, 2.24) is 9.47 Å². The van der Waals surface area contributed by atoms with Gasteiger partial charge < -0.3 is 14.2 Å². The second-order valence-electron chi connectivity index (χ2n) is 9.03. The average Bonchev–Trinajstić information content (AvgIpc) is 3.20. The van der Waals surface area contributed by atoms with E-state index in [1.54, 1.807) is 0 Å². The minimum atomic E-state index is 0.0711. The third-order valence-corrected chi connectivity index (χ3v) is 6.95. The van der Waals surface area contributed by atoms with Crippen LogP contribution in [0.4, 0.5) is 0 Å². The Bertz CT molecular complexity index is 1240. The Kier molecular flexibility index (Phi) is 6.34. The predicted molar refractivity (Wildman–Crippen MR) is 134 cm³/mol. The van der Waals surface area contributed by atoms with Gasteiger partial charge in [-0.2, -0.15) is 0 Å². The van der Waals surface area contributed by atoms with E-state index in [1.165, 1.54) is 46.6 Å². The van der Waals surface area contributed by atoms with E-state index in [0.29, 0.717) is 12.6 Å². The van der Waals surface area contributed by atoms with Crippen molar-refractivity contribution in [3.05, 3.63) is 78.4 Å². The lowest BCUT2D eigenvalue weighted by Crippen LogP contribution is -2.43. The largest absolute Gasteiger partial charge is 0.484 e. The Morgan fingerprint density at radius 1 is 0.909 bits per heavy atom. The summed E-state index contributed by atoms with van der Waals surface area (Å²) < 4.78 is 8.20. The van der Waals surface area contributed by atoms with Gasteiger partial charge in [-0.25, -0.2) is 0 Å². The number of nitrogens with zero attached hydrogens (tertiary/aromatic N) is 2. The summed E-state index contributed by atoms with van der Waals surface area (Å²) in [4.78, 5) is 15.4. The van der Waals surface area contributed by atoms with Crippen molar-refractivity contribution >= 4 is 27.7 Å². The van der Waals surface area contributed by atoms with Crippen LogP contribution in [0.1, 0.15) is 44.6 Å². The molecule has 1 aromatic heterocycles. The van der Waals surface area contributed by atoms with Gasteiger partial charge in [-0.3, -0.25) is 4.79 Å². The molecule has 4 nitrogen and oxygen atoms in total. The molecule has 1 aliphatic carbocycles. The molecule has 4 heteroatoms. The summed E-state index contributed by atoms with van der Waals surface area (Å²) in [5.41, 5.74) is 3.70. The molecule has 3 aromatic carbocycles. The Morgan fingerprint density at radius 3 is 2.42 bits per heavy atom. The molecule has 0 unspecified atom stereocenters. The van der Waals surface area contributed by atoms with Gasteiger partial charge in [0.2, 0.25) is 0 Å². The van der Waals surface area contributed by atoms with Gasteiger partial charge in [-0.1, -0.05) is 61.7 Å². The third-order valence-electron chi connectivity index (χ3n) is 6.95. The van der Waals surface area contributed by atoms with E-state index in [1.807, 2.05) is 30.3 Å². The SMILES string of the molecule is CCn1c2ccccc2c2cc(CN(C(=O)COc3ccccc3)C3CCCCC3)ccc21. The van der Waals surface area contributed by atoms with Crippen molar-refractivity contribution in [3.8, 4) is 5.75 Å². The molecular formula is C29H32N2O2. The molecule has 1 fully saturated rings. The van der Waals surface area contributed by atoms with Gasteiger partial charge in [0.05, 0.1) is 0 Å². The van der Waals surface area contributed by atoms with Crippen molar-refractivity contribution in [2.75, 3.05) is 6.61 Å². The minimum Gasteiger partial charge on any atom is -0.484 e. The fourth-order valence-corrected chi connectivity index (χ4v) is 5.29. The van der Waals surface area contributed by atoms with Gasteiger partial charge in [-0.15, -0.1) is 0 Å². The molecule has 0 spiro atoms. The number of fused-ring (bicyclic) bond motifs is 3. The monoisotopic (exact) mass is 440 g/mol. The van der Waals surface area contributed by atoms with Gasteiger partial charge in [0.15, 0.2) is 6.61 Å². The summed E-state index contributed by atoms with van der Waals surface area (Å²) in [5, 5.41) is 2.54. The molecule has 1 saturated carbocycles. The second-order valence-corrected chi connectivity index (χ2v) is 9.03. The highest BCUT2D eigenvalue weighted by Gasteiger charge is 2.26. The molecule has 0 atom stereocenters. The van der Waals surface area contributed by atoms with Crippen molar-refractivity contribution in [3.63, 3.8) is 0 Å². The van der Waals surface area contributed by atoms with E-state index in [2.05, 4.69) is 58.9 Å². The maximum absolute atomic E-state index is 13.3. The molecule has 1 amide bonds. The first-order valence-electron chi connectivity index (χ1n) is 12.2. The summed E-state index contributed by atoms with van der Waals surface area (Å²) in [7, 11) is 0. The van der Waals surface area contributed by atoms with Crippen LogP contribution in [0, 0.1) is 0 Å². The number of carbonyl (C=O) groups excluding carboxylic acids is 1. The summed E-state index contributed by atoms with van der Waals surface area (Å²) >= 11 is 0. The van der Waals surface area contributed by atoms with Crippen molar-refractivity contribution < 1.29 is 9.53 Å². The highest BCUT2D eigenvalue weighted by Crippen LogP contribution is 2.31. The molecule has 0 bridgehead atoms. The maximum Gasteiger partial charge on any atom is 0.261 e. The number of hydrogen-bond acceptors (Lipinski definition) is 2. The number of aryl methyl sites for hydroxylation is 1. The standard InChI is InChI=1S/C29H32N2O2/c1-2-30-27-16-10-9-15-25(27)26-19-22(17-18-28(26)30)20-31(23-11-5-3-6-12-23)29(32)21-33-24-13-7-4-8-14-24/h4,7-10,13-19,23H,2-3,5-6,11-12,20-21H2,1H3. The molecule has 0 N–H and O–H groups in total. The maximum atomic E-state index is 13.3. The van der Waals surface area contributed by atoms with Crippen LogP contribution >= 0.6 is 0 Å². The zero-order chi connectivity index (χ0) is 22.6. The topological polar surface area (TPSA) is 34.5 Å². The Balaban J connectivity index is 1.43. The van der Waals surface area contributed by atoms with Gasteiger partial charge in [0.25, 0.3) is 5.91 Å². The molecule has 0 radical (unpaired) electrons. The van der Waals surface area contributed by atoms with E-state index in [4.69, 9.17) is 4.74 Å². The number of aromatic nitrogens is 1. The normalized spacial score (nSPS) is 14.6. The molecule has 1 aliphatic rings. The summed E-state index contributed by atoms with van der Waals surface area (Å²) in [6, 6.07) is 25.2. The number of ether oxygens (including phenoxy) is 1. The van der Waals surface area contributed by atoms with Gasteiger partial charge in [-0.05, 0) is 55.7 Å². The molecule has 170 valence electrons. The number of rotatable bonds is 7. The van der Waals surface area contributed by atoms with Crippen LogP contribution in [0.5, 0.6) is 5.75 Å². The van der Waals surface area contributed by atoms with Crippen LogP contribution < -0.4 is 4.74 Å². The minimum absolute atomic E-state index is 0.0711. The number of benzene rings is 3. The van der Waals surface area contributed by atoms with Crippen LogP contribution in [0.15, 0.2) is 72.8 Å². The van der Waals surface area contributed by atoms with Crippen molar-refractivity contribution in [1.29, 1.82) is 0 Å². The lowest BCUT2D eigenvalue weighted by molar-refractivity contribution is -0.137. The average molecular weight is 441 g/mol. The molecule has 4 aromatic rings. The Morgan fingerprint density at radius 2 is 1.64 bits per heavy atom. The molecule has 0 saturated heterocycles. The quantitative estimate of drug-likeness (QED) is 0.326. The molecular weight excluding hydrogens is 408 g/mol. The van der Waals surface area contributed by atoms with Crippen LogP contribution in [-0.4, -0.2) is 28.0 Å². The zero-order valence-electron chi connectivity index (χ0n) is 19.4. The fourth-order valence-electron chi connectivity index (χ4n) is 5.29.